The lowest BCUT2D eigenvalue weighted by molar-refractivity contribution is -0.111. The molecular weight excluding hydrogens is 382 g/mol. The van der Waals surface area contributed by atoms with Gasteiger partial charge >= 0.3 is 0 Å². The first-order valence-corrected chi connectivity index (χ1v) is 11.6. The van der Waals surface area contributed by atoms with Crippen LogP contribution in [0.25, 0.3) is 11.3 Å². The number of carbonyl (C=O) groups excluding carboxylic acids is 1. The molecule has 0 spiro atoms. The Bertz CT molecular complexity index is 987. The van der Waals surface area contributed by atoms with E-state index in [1.165, 1.54) is 0 Å². The van der Waals surface area contributed by atoms with Gasteiger partial charge in [-0.3, -0.25) is 4.72 Å². The van der Waals surface area contributed by atoms with Crippen molar-refractivity contribution in [3.05, 3.63) is 72.4 Å². The lowest BCUT2D eigenvalue weighted by Crippen LogP contribution is -2.42. The summed E-state index contributed by atoms with van der Waals surface area (Å²) in [6.45, 7) is 7.73. The van der Waals surface area contributed by atoms with E-state index in [2.05, 4.69) is 11.3 Å². The summed E-state index contributed by atoms with van der Waals surface area (Å²) in [7, 11) is -3.68. The van der Waals surface area contributed by atoms with Crippen molar-refractivity contribution in [1.29, 1.82) is 0 Å². The van der Waals surface area contributed by atoms with Gasteiger partial charge < -0.3 is 4.79 Å². The van der Waals surface area contributed by atoms with Crippen molar-refractivity contribution in [2.24, 2.45) is 11.8 Å². The fourth-order valence-corrected chi connectivity index (χ4v) is 5.59. The maximum absolute atomic E-state index is 13.1. The van der Waals surface area contributed by atoms with Crippen LogP contribution in [0.2, 0.25) is 0 Å². The normalized spacial score (nSPS) is 27.0. The maximum Gasteiger partial charge on any atom is 0.242 e. The number of nitrogens with one attached hydrogen (secondary N) is 1. The molecule has 0 radical (unpaired) electrons. The quantitative estimate of drug-likeness (QED) is 0.651. The van der Waals surface area contributed by atoms with E-state index in [4.69, 9.17) is 0 Å². The SMILES string of the molecule is C=C(NS(=O)(=O)C1(C)C=CC=CC1)c1ccccc1/C(=C\C)C1CCCC1C=O. The number of sulfonamides is 1. The van der Waals surface area contributed by atoms with Crippen LogP contribution in [0, 0.1) is 11.8 Å². The Balaban J connectivity index is 1.92. The Morgan fingerprint density at radius 1 is 1.21 bits per heavy atom. The second kappa shape index (κ2) is 8.54. The van der Waals surface area contributed by atoms with Crippen LogP contribution in [0.1, 0.15) is 50.7 Å². The molecule has 1 aromatic rings. The summed E-state index contributed by atoms with van der Waals surface area (Å²) in [4.78, 5) is 11.5. The molecule has 0 saturated heterocycles. The molecule has 0 aliphatic heterocycles. The first kappa shape index (κ1) is 21.3. The van der Waals surface area contributed by atoms with Gasteiger partial charge in [-0.2, -0.15) is 0 Å². The summed E-state index contributed by atoms with van der Waals surface area (Å²) in [6.07, 6.45) is 13.6. The first-order chi connectivity index (χ1) is 13.8. The molecule has 3 unspecified atom stereocenters. The molecule has 1 fully saturated rings. The van der Waals surface area contributed by atoms with Crippen LogP contribution in [0.3, 0.4) is 0 Å². The minimum absolute atomic E-state index is 0.0114. The topological polar surface area (TPSA) is 63.2 Å². The molecule has 2 aliphatic carbocycles. The van der Waals surface area contributed by atoms with Gasteiger partial charge in [0.15, 0.2) is 0 Å². The molecule has 29 heavy (non-hydrogen) atoms. The number of aldehydes is 1. The van der Waals surface area contributed by atoms with Gasteiger partial charge in [0.25, 0.3) is 0 Å². The fraction of sp³-hybridized carbons (Fsp3) is 0.375. The second-order valence-corrected chi connectivity index (χ2v) is 10.2. The van der Waals surface area contributed by atoms with Crippen molar-refractivity contribution >= 4 is 27.6 Å². The van der Waals surface area contributed by atoms with E-state index in [1.54, 1.807) is 19.1 Å². The van der Waals surface area contributed by atoms with Gasteiger partial charge in [0, 0.05) is 17.2 Å². The highest BCUT2D eigenvalue weighted by Gasteiger charge is 2.37. The number of carbonyl (C=O) groups is 1. The summed E-state index contributed by atoms with van der Waals surface area (Å²) >= 11 is 0. The van der Waals surface area contributed by atoms with E-state index >= 15 is 0 Å². The van der Waals surface area contributed by atoms with E-state index in [0.717, 1.165) is 42.2 Å². The van der Waals surface area contributed by atoms with Crippen molar-refractivity contribution in [3.63, 3.8) is 0 Å². The lowest BCUT2D eigenvalue weighted by Gasteiger charge is -2.28. The van der Waals surface area contributed by atoms with Crippen molar-refractivity contribution in [2.75, 3.05) is 0 Å². The summed E-state index contributed by atoms with van der Waals surface area (Å²) < 4.78 is 27.9. The Morgan fingerprint density at radius 3 is 2.55 bits per heavy atom. The van der Waals surface area contributed by atoms with Gasteiger partial charge in [0.2, 0.25) is 10.0 Å². The van der Waals surface area contributed by atoms with Gasteiger partial charge in [0.05, 0.1) is 0 Å². The third-order valence-electron chi connectivity index (χ3n) is 6.11. The summed E-state index contributed by atoms with van der Waals surface area (Å²) in [5, 5.41) is 0. The molecule has 0 amide bonds. The molecule has 3 rings (SSSR count). The van der Waals surface area contributed by atoms with E-state index in [9.17, 15) is 13.2 Å². The highest BCUT2D eigenvalue weighted by Crippen LogP contribution is 2.42. The van der Waals surface area contributed by atoms with E-state index in [1.807, 2.05) is 49.4 Å². The zero-order valence-corrected chi connectivity index (χ0v) is 17.9. The van der Waals surface area contributed by atoms with Gasteiger partial charge in [-0.1, -0.05) is 67.6 Å². The molecule has 0 bridgehead atoms. The largest absolute Gasteiger partial charge is 0.303 e. The predicted octanol–water partition coefficient (Wildman–Crippen LogP) is 4.87. The molecule has 2 aliphatic rings. The van der Waals surface area contributed by atoms with Gasteiger partial charge in [0.1, 0.15) is 11.0 Å². The van der Waals surface area contributed by atoms with Gasteiger partial charge in [-0.15, -0.1) is 0 Å². The van der Waals surface area contributed by atoms with E-state index in [-0.39, 0.29) is 11.8 Å². The summed E-state index contributed by atoms with van der Waals surface area (Å²) in [5.41, 5.74) is 3.12. The Hall–Kier alpha value is -2.40. The molecule has 4 nitrogen and oxygen atoms in total. The molecule has 0 heterocycles. The number of rotatable bonds is 7. The maximum atomic E-state index is 13.1. The average molecular weight is 412 g/mol. The third-order valence-corrected chi connectivity index (χ3v) is 8.15. The Kier molecular flexibility index (Phi) is 6.27. The molecule has 1 saturated carbocycles. The highest BCUT2D eigenvalue weighted by atomic mass is 32.2. The molecular formula is C24H29NO3S. The average Bonchev–Trinajstić information content (AvgIpc) is 3.17. The van der Waals surface area contributed by atoms with Crippen molar-refractivity contribution in [3.8, 4) is 0 Å². The third kappa shape index (κ3) is 4.15. The molecule has 5 heteroatoms. The fourth-order valence-electron chi connectivity index (χ4n) is 4.35. The van der Waals surface area contributed by atoms with E-state index in [0.29, 0.717) is 12.1 Å². The van der Waals surface area contributed by atoms with Crippen LogP contribution < -0.4 is 4.72 Å². The standard InChI is InChI=1S/C24H29NO3S/c1-4-20(22-14-10-11-19(22)17-26)23-13-7-6-12-21(23)18(2)25-29(27,28)24(3)15-8-5-9-16-24/h4-9,12-13,15,17,19,22,25H,2,10-11,14,16H2,1,3H3/b20-4-. The van der Waals surface area contributed by atoms with Crippen LogP contribution >= 0.6 is 0 Å². The van der Waals surface area contributed by atoms with Crippen LogP contribution in [-0.2, 0) is 14.8 Å². The lowest BCUT2D eigenvalue weighted by atomic mass is 9.83. The minimum atomic E-state index is -3.68. The zero-order chi connectivity index (χ0) is 21.1. The van der Waals surface area contributed by atoms with Crippen molar-refractivity contribution in [2.45, 2.75) is 44.3 Å². The molecule has 1 N–H and O–H groups in total. The van der Waals surface area contributed by atoms with Crippen LogP contribution in [0.4, 0.5) is 0 Å². The zero-order valence-electron chi connectivity index (χ0n) is 17.1. The van der Waals surface area contributed by atoms with Gasteiger partial charge in [-0.05, 0) is 50.2 Å². The Morgan fingerprint density at radius 2 is 1.93 bits per heavy atom. The molecule has 154 valence electrons. The summed E-state index contributed by atoms with van der Waals surface area (Å²) in [6, 6.07) is 7.68. The van der Waals surface area contributed by atoms with E-state index < -0.39 is 14.8 Å². The number of allylic oxidation sites excluding steroid dienone is 5. The van der Waals surface area contributed by atoms with Crippen molar-refractivity contribution in [1.82, 2.24) is 4.72 Å². The van der Waals surface area contributed by atoms with Crippen LogP contribution in [-0.4, -0.2) is 19.5 Å². The molecule has 3 atom stereocenters. The van der Waals surface area contributed by atoms with Gasteiger partial charge in [-0.25, -0.2) is 8.42 Å². The minimum Gasteiger partial charge on any atom is -0.303 e. The summed E-state index contributed by atoms with van der Waals surface area (Å²) in [5.74, 6) is 0.171. The van der Waals surface area contributed by atoms with Crippen molar-refractivity contribution < 1.29 is 13.2 Å². The predicted molar refractivity (Wildman–Crippen MR) is 119 cm³/mol. The Labute approximate surface area is 174 Å². The number of hydrogen-bond donors (Lipinski definition) is 1. The van der Waals surface area contributed by atoms with Crippen LogP contribution in [0.15, 0.2) is 61.2 Å². The first-order valence-electron chi connectivity index (χ1n) is 10.1. The smallest absolute Gasteiger partial charge is 0.242 e. The monoisotopic (exact) mass is 411 g/mol. The molecule has 0 aromatic heterocycles. The molecule has 1 aromatic carbocycles. The van der Waals surface area contributed by atoms with Crippen LogP contribution in [0.5, 0.6) is 0 Å². The number of hydrogen-bond acceptors (Lipinski definition) is 3. The second-order valence-electron chi connectivity index (χ2n) is 8.02. The highest BCUT2D eigenvalue weighted by molar-refractivity contribution is 7.91. The number of benzene rings is 1.